The maximum atomic E-state index is 12.0. The molecule has 3 aromatic rings. The second-order valence-electron chi connectivity index (χ2n) is 5.18. The third kappa shape index (κ3) is 3.23. The first-order chi connectivity index (χ1) is 10.7. The van der Waals surface area contributed by atoms with Crippen molar-refractivity contribution in [3.63, 3.8) is 0 Å². The molecule has 0 radical (unpaired) electrons. The number of aromatic amines is 1. The monoisotopic (exact) mass is 318 g/mol. The summed E-state index contributed by atoms with van der Waals surface area (Å²) < 4.78 is 0.680. The van der Waals surface area contributed by atoms with E-state index in [1.54, 1.807) is 18.0 Å². The van der Waals surface area contributed by atoms with E-state index in [-0.39, 0.29) is 5.56 Å². The maximum absolute atomic E-state index is 12.0. The lowest BCUT2D eigenvalue weighted by atomic mass is 10.3. The van der Waals surface area contributed by atoms with E-state index in [2.05, 4.69) is 32.0 Å². The van der Waals surface area contributed by atoms with Crippen LogP contribution in [0.2, 0.25) is 0 Å². The summed E-state index contributed by atoms with van der Waals surface area (Å²) in [5.74, 6) is 0.688. The molecule has 0 fully saturated rings. The molecule has 0 aliphatic heterocycles. The fourth-order valence-corrected chi connectivity index (χ4v) is 3.15. The Labute approximate surface area is 131 Å². The van der Waals surface area contributed by atoms with Gasteiger partial charge >= 0.3 is 0 Å². The Bertz CT molecular complexity index is 820. The van der Waals surface area contributed by atoms with Gasteiger partial charge in [-0.15, -0.1) is 11.3 Å². The molecule has 0 aliphatic rings. The Morgan fingerprint density at radius 3 is 3.00 bits per heavy atom. The minimum Gasteiger partial charge on any atom is -0.308 e. The number of rotatable bonds is 6. The van der Waals surface area contributed by atoms with Crippen molar-refractivity contribution in [3.8, 4) is 0 Å². The van der Waals surface area contributed by atoms with Crippen LogP contribution in [-0.2, 0) is 20.1 Å². The van der Waals surface area contributed by atoms with Crippen molar-refractivity contribution in [2.75, 3.05) is 6.54 Å². The molecule has 3 aromatic heterocycles. The van der Waals surface area contributed by atoms with Crippen molar-refractivity contribution < 1.29 is 0 Å². The van der Waals surface area contributed by atoms with Crippen LogP contribution in [0.4, 0.5) is 0 Å². The van der Waals surface area contributed by atoms with Crippen LogP contribution in [0.1, 0.15) is 24.9 Å². The first kappa shape index (κ1) is 14.9. The Kier molecular flexibility index (Phi) is 4.30. The smallest absolute Gasteiger partial charge is 0.268 e. The summed E-state index contributed by atoms with van der Waals surface area (Å²) in [5.41, 5.74) is 1.61. The second-order valence-corrected chi connectivity index (χ2v) is 6.10. The Morgan fingerprint density at radius 2 is 2.27 bits per heavy atom. The molecule has 3 rings (SSSR count). The van der Waals surface area contributed by atoms with Crippen LogP contribution in [0.3, 0.4) is 0 Å². The van der Waals surface area contributed by atoms with Crippen molar-refractivity contribution >= 4 is 21.6 Å². The van der Waals surface area contributed by atoms with Crippen LogP contribution in [-0.4, -0.2) is 36.4 Å². The van der Waals surface area contributed by atoms with Gasteiger partial charge in [0.25, 0.3) is 5.56 Å². The average Bonchev–Trinajstić information content (AvgIpc) is 3.08. The molecular weight excluding hydrogens is 300 g/mol. The SMILES string of the molecule is CCCN(Cc1cnn(C)n1)Cc1nc2ccsc2c(=O)[nH]1. The molecule has 0 saturated heterocycles. The summed E-state index contributed by atoms with van der Waals surface area (Å²) >= 11 is 1.42. The van der Waals surface area contributed by atoms with E-state index < -0.39 is 0 Å². The normalized spacial score (nSPS) is 11.6. The van der Waals surface area contributed by atoms with Gasteiger partial charge in [0.05, 0.1) is 24.0 Å². The van der Waals surface area contributed by atoms with Gasteiger partial charge in [0, 0.05) is 13.6 Å². The highest BCUT2D eigenvalue weighted by Crippen LogP contribution is 2.14. The van der Waals surface area contributed by atoms with Crippen LogP contribution >= 0.6 is 11.3 Å². The summed E-state index contributed by atoms with van der Waals surface area (Å²) in [6.07, 6.45) is 2.78. The quantitative estimate of drug-likeness (QED) is 0.745. The van der Waals surface area contributed by atoms with E-state index in [0.29, 0.717) is 23.6 Å². The summed E-state index contributed by atoms with van der Waals surface area (Å²) in [7, 11) is 1.80. The first-order valence-corrected chi connectivity index (χ1v) is 8.07. The molecule has 0 aromatic carbocycles. The Morgan fingerprint density at radius 1 is 1.41 bits per heavy atom. The van der Waals surface area contributed by atoms with Crippen LogP contribution in [0.25, 0.3) is 10.2 Å². The summed E-state index contributed by atoms with van der Waals surface area (Å²) in [6, 6.07) is 1.88. The van der Waals surface area contributed by atoms with Crippen molar-refractivity contribution in [2.45, 2.75) is 26.4 Å². The molecule has 3 heterocycles. The van der Waals surface area contributed by atoms with Gasteiger partial charge in [-0.2, -0.15) is 15.0 Å². The van der Waals surface area contributed by atoms with Crippen LogP contribution in [0.5, 0.6) is 0 Å². The van der Waals surface area contributed by atoms with Crippen LogP contribution in [0, 0.1) is 0 Å². The molecule has 0 atom stereocenters. The molecule has 0 aliphatic carbocycles. The predicted molar refractivity (Wildman–Crippen MR) is 85.6 cm³/mol. The number of thiophene rings is 1. The van der Waals surface area contributed by atoms with Crippen molar-refractivity contribution in [1.29, 1.82) is 0 Å². The third-order valence-electron chi connectivity index (χ3n) is 3.31. The van der Waals surface area contributed by atoms with Crippen LogP contribution in [0.15, 0.2) is 22.4 Å². The lowest BCUT2D eigenvalue weighted by Gasteiger charge is -2.19. The summed E-state index contributed by atoms with van der Waals surface area (Å²) in [5, 5.41) is 10.3. The van der Waals surface area contributed by atoms with Crippen molar-refractivity contribution in [3.05, 3.63) is 39.5 Å². The van der Waals surface area contributed by atoms with Crippen molar-refractivity contribution in [1.82, 2.24) is 29.9 Å². The third-order valence-corrected chi connectivity index (χ3v) is 4.21. The molecule has 0 saturated carbocycles. The van der Waals surface area contributed by atoms with Gasteiger partial charge in [0.1, 0.15) is 10.5 Å². The van der Waals surface area contributed by atoms with Gasteiger partial charge in [-0.05, 0) is 24.4 Å². The zero-order chi connectivity index (χ0) is 15.5. The fraction of sp³-hybridized carbons (Fsp3) is 0.429. The highest BCUT2D eigenvalue weighted by atomic mass is 32.1. The van der Waals surface area contributed by atoms with Crippen LogP contribution < -0.4 is 5.56 Å². The number of fused-ring (bicyclic) bond motifs is 1. The topological polar surface area (TPSA) is 79.7 Å². The molecule has 0 amide bonds. The lowest BCUT2D eigenvalue weighted by molar-refractivity contribution is 0.247. The largest absolute Gasteiger partial charge is 0.308 e. The first-order valence-electron chi connectivity index (χ1n) is 7.19. The van der Waals surface area contributed by atoms with E-state index in [4.69, 9.17) is 0 Å². The number of nitrogens with one attached hydrogen (secondary N) is 1. The van der Waals surface area contributed by atoms with E-state index in [0.717, 1.165) is 24.2 Å². The van der Waals surface area contributed by atoms with Gasteiger partial charge in [-0.25, -0.2) is 4.98 Å². The molecule has 22 heavy (non-hydrogen) atoms. The van der Waals surface area contributed by atoms with Gasteiger partial charge in [0.15, 0.2) is 0 Å². The van der Waals surface area contributed by atoms with E-state index >= 15 is 0 Å². The number of aryl methyl sites for hydroxylation is 1. The number of nitrogens with zero attached hydrogens (tertiary/aromatic N) is 5. The van der Waals surface area contributed by atoms with E-state index in [9.17, 15) is 4.79 Å². The summed E-state index contributed by atoms with van der Waals surface area (Å²) in [6.45, 7) is 4.31. The molecule has 0 unspecified atom stereocenters. The fourth-order valence-electron chi connectivity index (χ4n) is 2.43. The number of hydrogen-bond acceptors (Lipinski definition) is 6. The van der Waals surface area contributed by atoms with Gasteiger partial charge < -0.3 is 4.98 Å². The number of aromatic nitrogens is 5. The predicted octanol–water partition coefficient (Wildman–Crippen LogP) is 1.53. The maximum Gasteiger partial charge on any atom is 0.268 e. The zero-order valence-electron chi connectivity index (χ0n) is 12.6. The minimum absolute atomic E-state index is 0.0639. The minimum atomic E-state index is -0.0639. The summed E-state index contributed by atoms with van der Waals surface area (Å²) in [4.78, 5) is 23.2. The van der Waals surface area contributed by atoms with Gasteiger partial charge in [0.2, 0.25) is 0 Å². The highest BCUT2D eigenvalue weighted by molar-refractivity contribution is 7.17. The van der Waals surface area contributed by atoms with Gasteiger partial charge in [-0.1, -0.05) is 6.92 Å². The molecule has 1 N–H and O–H groups in total. The average molecular weight is 318 g/mol. The van der Waals surface area contributed by atoms with E-state index in [1.165, 1.54) is 11.3 Å². The van der Waals surface area contributed by atoms with E-state index in [1.807, 2.05) is 11.4 Å². The van der Waals surface area contributed by atoms with Crippen molar-refractivity contribution in [2.24, 2.45) is 7.05 Å². The standard InChI is InChI=1S/C14H18N6OS/c1-3-5-20(8-10-7-15-19(2)18-10)9-12-16-11-4-6-22-13(11)14(21)17-12/h4,6-7H,3,5,8-9H2,1-2H3,(H,16,17,21). The molecule has 0 bridgehead atoms. The Balaban J connectivity index is 1.80. The zero-order valence-corrected chi connectivity index (χ0v) is 13.4. The molecule has 116 valence electrons. The number of H-pyrrole nitrogens is 1. The molecule has 0 spiro atoms. The highest BCUT2D eigenvalue weighted by Gasteiger charge is 2.12. The molecular formula is C14H18N6OS. The number of hydrogen-bond donors (Lipinski definition) is 1. The Hall–Kier alpha value is -2.06. The lowest BCUT2D eigenvalue weighted by Crippen LogP contribution is -2.26. The molecule has 8 heteroatoms. The second kappa shape index (κ2) is 6.37. The van der Waals surface area contributed by atoms with Gasteiger partial charge in [-0.3, -0.25) is 9.69 Å². The molecule has 7 nitrogen and oxygen atoms in total.